The fourth-order valence-electron chi connectivity index (χ4n) is 1.29. The van der Waals surface area contributed by atoms with Crippen molar-refractivity contribution >= 4 is 11.6 Å². The van der Waals surface area contributed by atoms with E-state index in [0.717, 1.165) is 18.8 Å². The molecule has 0 radical (unpaired) electrons. The predicted octanol–water partition coefficient (Wildman–Crippen LogP) is 0.216. The highest BCUT2D eigenvalue weighted by atomic mass is 16.3. The van der Waals surface area contributed by atoms with Crippen LogP contribution in [0.4, 0.5) is 5.69 Å². The van der Waals surface area contributed by atoms with Crippen molar-refractivity contribution in [2.45, 2.75) is 0 Å². The van der Waals surface area contributed by atoms with E-state index in [1.54, 1.807) is 23.5 Å². The normalized spacial score (nSPS) is 18.3. The van der Waals surface area contributed by atoms with E-state index in [1.165, 1.54) is 0 Å². The third-order valence-electron chi connectivity index (χ3n) is 1.91. The summed E-state index contributed by atoms with van der Waals surface area (Å²) < 4.78 is 4.90. The fraction of sp³-hybridized carbons (Fsp3) is 0.375. The Kier molecular flexibility index (Phi) is 1.83. The van der Waals surface area contributed by atoms with Crippen LogP contribution in [0.15, 0.2) is 23.0 Å². The minimum Gasteiger partial charge on any atom is -0.470 e. The van der Waals surface area contributed by atoms with Crippen LogP contribution in [-0.2, 0) is 4.79 Å². The molecule has 0 unspecified atom stereocenters. The Hall–Kier alpha value is -1.29. The molecule has 4 heteroatoms. The van der Waals surface area contributed by atoms with E-state index in [2.05, 4.69) is 5.32 Å². The number of amides is 1. The highest BCUT2D eigenvalue weighted by molar-refractivity contribution is 5.95. The molecule has 1 N–H and O–H groups in total. The minimum atomic E-state index is 0.0997. The first-order chi connectivity index (χ1) is 5.88. The summed E-state index contributed by atoms with van der Waals surface area (Å²) in [5.41, 5.74) is 0.849. The molecule has 1 saturated heterocycles. The Bertz CT molecular complexity index is 269. The zero-order valence-corrected chi connectivity index (χ0v) is 6.62. The van der Waals surface area contributed by atoms with E-state index < -0.39 is 0 Å². The summed E-state index contributed by atoms with van der Waals surface area (Å²) in [6.45, 7) is 1.99. The standard InChI is InChI=1S/C8H10N2O2/c11-8-5-9-2-3-10(8)7-1-4-12-6-7/h1,4,6,9H,2-3,5H2. The van der Waals surface area contributed by atoms with Crippen LogP contribution < -0.4 is 10.2 Å². The summed E-state index contributed by atoms with van der Waals surface area (Å²) in [5, 5.41) is 3.00. The molecule has 1 aromatic rings. The van der Waals surface area contributed by atoms with Crippen molar-refractivity contribution in [3.8, 4) is 0 Å². The molecule has 4 nitrogen and oxygen atoms in total. The molecule has 2 heterocycles. The molecular formula is C8H10N2O2. The maximum atomic E-state index is 11.3. The molecule has 1 aliphatic heterocycles. The monoisotopic (exact) mass is 166 g/mol. The van der Waals surface area contributed by atoms with Crippen molar-refractivity contribution in [3.63, 3.8) is 0 Å². The maximum absolute atomic E-state index is 11.3. The van der Waals surface area contributed by atoms with E-state index in [9.17, 15) is 4.79 Å². The molecule has 1 aliphatic rings. The second kappa shape index (κ2) is 2.98. The first-order valence-electron chi connectivity index (χ1n) is 3.91. The van der Waals surface area contributed by atoms with Gasteiger partial charge in [0.15, 0.2) is 0 Å². The van der Waals surface area contributed by atoms with Crippen LogP contribution in [-0.4, -0.2) is 25.5 Å². The second-order valence-corrected chi connectivity index (χ2v) is 2.70. The van der Waals surface area contributed by atoms with Gasteiger partial charge in [-0.25, -0.2) is 0 Å². The number of carbonyl (C=O) groups is 1. The lowest BCUT2D eigenvalue weighted by atomic mass is 10.3. The summed E-state index contributed by atoms with van der Waals surface area (Å²) >= 11 is 0. The lowest BCUT2D eigenvalue weighted by Crippen LogP contribution is -2.48. The van der Waals surface area contributed by atoms with Crippen LogP contribution in [0.5, 0.6) is 0 Å². The van der Waals surface area contributed by atoms with Gasteiger partial charge < -0.3 is 14.6 Å². The van der Waals surface area contributed by atoms with Gasteiger partial charge in [0.2, 0.25) is 5.91 Å². The molecule has 1 amide bonds. The molecule has 0 aromatic carbocycles. The summed E-state index contributed by atoms with van der Waals surface area (Å²) in [6, 6.07) is 1.79. The van der Waals surface area contributed by atoms with Gasteiger partial charge >= 0.3 is 0 Å². The first kappa shape index (κ1) is 7.36. The van der Waals surface area contributed by atoms with Gasteiger partial charge in [-0.15, -0.1) is 0 Å². The minimum absolute atomic E-state index is 0.0997. The van der Waals surface area contributed by atoms with Crippen molar-refractivity contribution in [2.75, 3.05) is 24.5 Å². The SMILES string of the molecule is O=C1CNCCN1c1ccoc1. The third-order valence-corrected chi connectivity index (χ3v) is 1.91. The van der Waals surface area contributed by atoms with Crippen LogP contribution in [0.1, 0.15) is 0 Å². The predicted molar refractivity (Wildman–Crippen MR) is 43.9 cm³/mol. The number of rotatable bonds is 1. The van der Waals surface area contributed by atoms with Gasteiger partial charge in [-0.05, 0) is 0 Å². The molecule has 1 aromatic heterocycles. The number of hydrogen-bond donors (Lipinski definition) is 1. The van der Waals surface area contributed by atoms with Gasteiger partial charge in [0.05, 0.1) is 18.5 Å². The Labute approximate surface area is 70.2 Å². The largest absolute Gasteiger partial charge is 0.470 e. The molecule has 0 spiro atoms. The number of nitrogens with one attached hydrogen (secondary N) is 1. The van der Waals surface area contributed by atoms with E-state index in [0.29, 0.717) is 6.54 Å². The maximum Gasteiger partial charge on any atom is 0.241 e. The van der Waals surface area contributed by atoms with Crippen LogP contribution >= 0.6 is 0 Å². The summed E-state index contributed by atoms with van der Waals surface area (Å²) in [5.74, 6) is 0.0997. The molecule has 1 fully saturated rings. The van der Waals surface area contributed by atoms with Crippen molar-refractivity contribution in [1.82, 2.24) is 5.32 Å². The molecule has 0 bridgehead atoms. The highest BCUT2D eigenvalue weighted by Gasteiger charge is 2.19. The van der Waals surface area contributed by atoms with Gasteiger partial charge in [-0.1, -0.05) is 0 Å². The van der Waals surface area contributed by atoms with Gasteiger partial charge in [-0.3, -0.25) is 4.79 Å². The molecule has 0 atom stereocenters. The molecular weight excluding hydrogens is 156 g/mol. The summed E-state index contributed by atoms with van der Waals surface area (Å²) in [6.07, 6.45) is 3.16. The van der Waals surface area contributed by atoms with Crippen molar-refractivity contribution in [1.29, 1.82) is 0 Å². The number of hydrogen-bond acceptors (Lipinski definition) is 3. The molecule has 64 valence electrons. The second-order valence-electron chi connectivity index (χ2n) is 2.70. The summed E-state index contributed by atoms with van der Waals surface area (Å²) in [4.78, 5) is 13.0. The van der Waals surface area contributed by atoms with Gasteiger partial charge in [0.25, 0.3) is 0 Å². The third kappa shape index (κ3) is 1.21. The van der Waals surface area contributed by atoms with Crippen molar-refractivity contribution < 1.29 is 9.21 Å². The Morgan fingerprint density at radius 1 is 1.58 bits per heavy atom. The number of piperazine rings is 1. The van der Waals surface area contributed by atoms with E-state index in [-0.39, 0.29) is 5.91 Å². The molecule has 0 aliphatic carbocycles. The molecule has 2 rings (SSSR count). The van der Waals surface area contributed by atoms with Gasteiger partial charge in [0, 0.05) is 19.2 Å². The Balaban J connectivity index is 2.17. The summed E-state index contributed by atoms with van der Waals surface area (Å²) in [7, 11) is 0. The Morgan fingerprint density at radius 3 is 3.17 bits per heavy atom. The topological polar surface area (TPSA) is 45.5 Å². The number of anilines is 1. The number of nitrogens with zero attached hydrogens (tertiary/aromatic N) is 1. The van der Waals surface area contributed by atoms with E-state index in [4.69, 9.17) is 4.42 Å². The zero-order valence-electron chi connectivity index (χ0n) is 6.62. The zero-order chi connectivity index (χ0) is 8.39. The number of furan rings is 1. The first-order valence-corrected chi connectivity index (χ1v) is 3.91. The average Bonchev–Trinajstić information content (AvgIpc) is 2.57. The van der Waals surface area contributed by atoms with Crippen LogP contribution in [0.3, 0.4) is 0 Å². The smallest absolute Gasteiger partial charge is 0.241 e. The quantitative estimate of drug-likeness (QED) is 0.649. The molecule has 12 heavy (non-hydrogen) atoms. The fourth-order valence-corrected chi connectivity index (χ4v) is 1.29. The number of carbonyl (C=O) groups excluding carboxylic acids is 1. The van der Waals surface area contributed by atoms with Crippen LogP contribution in [0.2, 0.25) is 0 Å². The highest BCUT2D eigenvalue weighted by Crippen LogP contribution is 2.14. The Morgan fingerprint density at radius 2 is 2.50 bits per heavy atom. The average molecular weight is 166 g/mol. The van der Waals surface area contributed by atoms with Crippen LogP contribution in [0.25, 0.3) is 0 Å². The lowest BCUT2D eigenvalue weighted by Gasteiger charge is -2.25. The van der Waals surface area contributed by atoms with Gasteiger partial charge in [0.1, 0.15) is 6.26 Å². The van der Waals surface area contributed by atoms with Crippen molar-refractivity contribution in [3.05, 3.63) is 18.6 Å². The van der Waals surface area contributed by atoms with E-state index >= 15 is 0 Å². The molecule has 0 saturated carbocycles. The van der Waals surface area contributed by atoms with Crippen molar-refractivity contribution in [2.24, 2.45) is 0 Å². The lowest BCUT2D eigenvalue weighted by molar-refractivity contribution is -0.118. The van der Waals surface area contributed by atoms with Gasteiger partial charge in [-0.2, -0.15) is 0 Å². The van der Waals surface area contributed by atoms with Crippen LogP contribution in [0, 0.1) is 0 Å². The van der Waals surface area contributed by atoms with E-state index in [1.807, 2.05) is 0 Å².